The minimum absolute atomic E-state index is 0.0975. The number of carbonyl (C=O) groups is 1. The Hall–Kier alpha value is -0.490. The second-order valence-corrected chi connectivity index (χ2v) is 3.75. The van der Waals surface area contributed by atoms with Crippen LogP contribution in [0, 0.1) is 0 Å². The first-order valence-electron chi connectivity index (χ1n) is 4.36. The number of carbonyl (C=O) groups excluding carboxylic acids is 1. The van der Waals surface area contributed by atoms with E-state index in [9.17, 15) is 18.0 Å². The fourth-order valence-corrected chi connectivity index (χ4v) is 0.773. The van der Waals surface area contributed by atoms with E-state index in [0.29, 0.717) is 6.54 Å². The molecule has 0 bridgehead atoms. The standard InChI is InChI=1S/C8H13ClF3NO2/c1-6(9)4-13-7(14)2-3-15-5-8(10,11)12/h6H,2-5H2,1H3,(H,13,14). The molecule has 1 unspecified atom stereocenters. The fourth-order valence-electron chi connectivity index (χ4n) is 0.696. The van der Waals surface area contributed by atoms with Crippen LogP contribution in [0.4, 0.5) is 13.2 Å². The van der Waals surface area contributed by atoms with Gasteiger partial charge < -0.3 is 10.1 Å². The van der Waals surface area contributed by atoms with Gasteiger partial charge in [-0.05, 0) is 6.92 Å². The van der Waals surface area contributed by atoms with Crippen molar-refractivity contribution in [2.24, 2.45) is 0 Å². The van der Waals surface area contributed by atoms with Crippen LogP contribution in [0.2, 0.25) is 0 Å². The summed E-state index contributed by atoms with van der Waals surface area (Å²) in [6, 6.07) is 0. The normalized spacial score (nSPS) is 13.7. The number of rotatable bonds is 6. The quantitative estimate of drug-likeness (QED) is 0.573. The largest absolute Gasteiger partial charge is 0.411 e. The van der Waals surface area contributed by atoms with Crippen LogP contribution in [0.25, 0.3) is 0 Å². The Labute approximate surface area is 90.9 Å². The van der Waals surface area contributed by atoms with Crippen LogP contribution in [-0.4, -0.2) is 37.2 Å². The summed E-state index contributed by atoms with van der Waals surface area (Å²) in [4.78, 5) is 10.9. The number of amides is 1. The average molecular weight is 248 g/mol. The van der Waals surface area contributed by atoms with E-state index in [1.54, 1.807) is 6.92 Å². The lowest BCUT2D eigenvalue weighted by molar-refractivity contribution is -0.174. The molecule has 0 aromatic rings. The number of alkyl halides is 4. The van der Waals surface area contributed by atoms with E-state index in [1.807, 2.05) is 0 Å². The number of hydrogen-bond acceptors (Lipinski definition) is 2. The first-order chi connectivity index (χ1) is 6.81. The van der Waals surface area contributed by atoms with E-state index in [0.717, 1.165) is 0 Å². The Morgan fingerprint density at radius 2 is 2.13 bits per heavy atom. The number of hydrogen-bond donors (Lipinski definition) is 1. The maximum atomic E-state index is 11.6. The van der Waals surface area contributed by atoms with Gasteiger partial charge in [0, 0.05) is 18.3 Å². The predicted octanol–water partition coefficient (Wildman–Crippen LogP) is 1.70. The molecule has 0 rings (SSSR count). The molecule has 1 amide bonds. The molecule has 0 fully saturated rings. The summed E-state index contributed by atoms with van der Waals surface area (Å²) in [6.07, 6.45) is -4.44. The van der Waals surface area contributed by atoms with Gasteiger partial charge in [0.25, 0.3) is 0 Å². The minimum atomic E-state index is -4.35. The molecule has 0 aliphatic heterocycles. The van der Waals surface area contributed by atoms with Crippen molar-refractivity contribution < 1.29 is 22.7 Å². The third-order valence-electron chi connectivity index (χ3n) is 1.32. The molecule has 0 aromatic carbocycles. The molecule has 0 aliphatic carbocycles. The van der Waals surface area contributed by atoms with E-state index in [2.05, 4.69) is 10.1 Å². The third-order valence-corrected chi connectivity index (χ3v) is 1.47. The van der Waals surface area contributed by atoms with Crippen molar-refractivity contribution in [2.45, 2.75) is 24.9 Å². The Balaban J connectivity index is 3.40. The van der Waals surface area contributed by atoms with Gasteiger partial charge in [-0.2, -0.15) is 13.2 Å². The van der Waals surface area contributed by atoms with Crippen molar-refractivity contribution in [1.82, 2.24) is 5.32 Å². The van der Waals surface area contributed by atoms with Gasteiger partial charge in [-0.25, -0.2) is 0 Å². The lowest BCUT2D eigenvalue weighted by Gasteiger charge is -2.08. The van der Waals surface area contributed by atoms with Gasteiger partial charge >= 0.3 is 6.18 Å². The molecule has 90 valence electrons. The van der Waals surface area contributed by atoms with Crippen LogP contribution >= 0.6 is 11.6 Å². The second kappa shape index (κ2) is 6.90. The van der Waals surface area contributed by atoms with E-state index in [1.165, 1.54) is 0 Å². The summed E-state index contributed by atoms with van der Waals surface area (Å²) in [7, 11) is 0. The van der Waals surface area contributed by atoms with Gasteiger partial charge in [0.1, 0.15) is 6.61 Å². The summed E-state index contributed by atoms with van der Waals surface area (Å²) in [5.74, 6) is -0.371. The Bertz CT molecular complexity index is 197. The van der Waals surface area contributed by atoms with Crippen molar-refractivity contribution in [2.75, 3.05) is 19.8 Å². The first kappa shape index (κ1) is 14.5. The molecule has 0 aromatic heterocycles. The lowest BCUT2D eigenvalue weighted by Crippen LogP contribution is -2.29. The molecule has 3 nitrogen and oxygen atoms in total. The van der Waals surface area contributed by atoms with E-state index in [4.69, 9.17) is 11.6 Å². The fraction of sp³-hybridized carbons (Fsp3) is 0.875. The molecule has 0 saturated heterocycles. The van der Waals surface area contributed by atoms with Crippen LogP contribution in [0.1, 0.15) is 13.3 Å². The van der Waals surface area contributed by atoms with E-state index in [-0.39, 0.29) is 24.3 Å². The van der Waals surface area contributed by atoms with Crippen molar-refractivity contribution in [1.29, 1.82) is 0 Å². The topological polar surface area (TPSA) is 38.3 Å². The van der Waals surface area contributed by atoms with E-state index < -0.39 is 12.8 Å². The van der Waals surface area contributed by atoms with Gasteiger partial charge in [0.05, 0.1) is 6.61 Å². The lowest BCUT2D eigenvalue weighted by atomic mass is 10.4. The Kier molecular flexibility index (Phi) is 6.67. The molecule has 15 heavy (non-hydrogen) atoms. The smallest absolute Gasteiger partial charge is 0.372 e. The highest BCUT2D eigenvalue weighted by Gasteiger charge is 2.27. The van der Waals surface area contributed by atoms with Crippen LogP contribution in [0.5, 0.6) is 0 Å². The van der Waals surface area contributed by atoms with Gasteiger partial charge in [0.15, 0.2) is 0 Å². The molecular weight excluding hydrogens is 235 g/mol. The van der Waals surface area contributed by atoms with Gasteiger partial charge in [-0.3, -0.25) is 4.79 Å². The molecule has 0 aliphatic rings. The number of halogens is 4. The number of nitrogens with one attached hydrogen (secondary N) is 1. The van der Waals surface area contributed by atoms with Crippen molar-refractivity contribution in [3.63, 3.8) is 0 Å². The molecule has 0 saturated carbocycles. The molecule has 1 N–H and O–H groups in total. The number of ether oxygens (including phenoxy) is 1. The molecule has 0 radical (unpaired) electrons. The molecule has 7 heteroatoms. The summed E-state index contributed by atoms with van der Waals surface area (Å²) >= 11 is 5.55. The summed E-state index contributed by atoms with van der Waals surface area (Å²) < 4.78 is 39.0. The predicted molar refractivity (Wildman–Crippen MR) is 49.8 cm³/mol. The summed E-state index contributed by atoms with van der Waals surface area (Å²) in [5, 5.41) is 2.24. The zero-order chi connectivity index (χ0) is 11.9. The van der Waals surface area contributed by atoms with Crippen LogP contribution in [0.3, 0.4) is 0 Å². The van der Waals surface area contributed by atoms with Crippen molar-refractivity contribution in [3.05, 3.63) is 0 Å². The van der Waals surface area contributed by atoms with Crippen LogP contribution < -0.4 is 5.32 Å². The Morgan fingerprint density at radius 1 is 1.53 bits per heavy atom. The van der Waals surface area contributed by atoms with Crippen molar-refractivity contribution in [3.8, 4) is 0 Å². The monoisotopic (exact) mass is 247 g/mol. The van der Waals surface area contributed by atoms with Crippen LogP contribution in [-0.2, 0) is 9.53 Å². The summed E-state index contributed by atoms with van der Waals surface area (Å²) in [6.45, 7) is 0.413. The second-order valence-electron chi connectivity index (χ2n) is 3.00. The molecular formula is C8H13ClF3NO2. The van der Waals surface area contributed by atoms with E-state index >= 15 is 0 Å². The summed E-state index contributed by atoms with van der Waals surface area (Å²) in [5.41, 5.74) is 0. The highest BCUT2D eigenvalue weighted by Crippen LogP contribution is 2.14. The first-order valence-corrected chi connectivity index (χ1v) is 4.80. The Morgan fingerprint density at radius 3 is 2.60 bits per heavy atom. The zero-order valence-corrected chi connectivity index (χ0v) is 8.99. The third kappa shape index (κ3) is 11.4. The van der Waals surface area contributed by atoms with Gasteiger partial charge in [-0.1, -0.05) is 0 Å². The average Bonchev–Trinajstić information content (AvgIpc) is 2.07. The maximum Gasteiger partial charge on any atom is 0.411 e. The highest BCUT2D eigenvalue weighted by atomic mass is 35.5. The minimum Gasteiger partial charge on any atom is -0.372 e. The van der Waals surface area contributed by atoms with Crippen molar-refractivity contribution >= 4 is 17.5 Å². The van der Waals surface area contributed by atoms with Gasteiger partial charge in [0.2, 0.25) is 5.91 Å². The van der Waals surface area contributed by atoms with Gasteiger partial charge in [-0.15, -0.1) is 11.6 Å². The maximum absolute atomic E-state index is 11.6. The SMILES string of the molecule is CC(Cl)CNC(=O)CCOCC(F)(F)F. The molecule has 0 spiro atoms. The van der Waals surface area contributed by atoms with Crippen LogP contribution in [0.15, 0.2) is 0 Å². The molecule has 0 heterocycles. The highest BCUT2D eigenvalue weighted by molar-refractivity contribution is 6.20. The molecule has 1 atom stereocenters. The zero-order valence-electron chi connectivity index (χ0n) is 8.23.